The third-order valence-electron chi connectivity index (χ3n) is 2.50. The number of hydrogen-bond acceptors (Lipinski definition) is 2. The van der Waals surface area contributed by atoms with Crippen LogP contribution in [0.3, 0.4) is 0 Å². The van der Waals surface area contributed by atoms with Gasteiger partial charge in [0.05, 0.1) is 4.45 Å². The van der Waals surface area contributed by atoms with Gasteiger partial charge in [0.25, 0.3) is 0 Å². The monoisotopic (exact) mass is 300 g/mol. The summed E-state index contributed by atoms with van der Waals surface area (Å²) in [5, 5.41) is 0. The Labute approximate surface area is 106 Å². The van der Waals surface area contributed by atoms with E-state index in [0.29, 0.717) is 11.3 Å². The molecular formula is C12H11BrF2N2. The molecule has 1 aromatic carbocycles. The molecule has 4 N–H and O–H groups in total. The number of nitrogens with two attached hydrogens (primary N) is 2. The van der Waals surface area contributed by atoms with E-state index in [2.05, 4.69) is 15.9 Å². The Balaban J connectivity index is 2.46. The van der Waals surface area contributed by atoms with Crippen molar-refractivity contribution >= 4 is 27.2 Å². The normalized spacial score (nSPS) is 24.8. The summed E-state index contributed by atoms with van der Waals surface area (Å²) in [5.41, 5.74) is 12.1. The summed E-state index contributed by atoms with van der Waals surface area (Å²) < 4.78 is 26.5. The first-order valence-electron chi connectivity index (χ1n) is 5.00. The number of halogens is 3. The van der Waals surface area contributed by atoms with Crippen molar-refractivity contribution in [3.8, 4) is 0 Å². The van der Waals surface area contributed by atoms with E-state index >= 15 is 0 Å². The van der Waals surface area contributed by atoms with Gasteiger partial charge in [-0.2, -0.15) is 0 Å². The molecule has 0 aliphatic heterocycles. The second-order valence-electron chi connectivity index (χ2n) is 4.00. The summed E-state index contributed by atoms with van der Waals surface area (Å²) >= 11 is 3.05. The van der Waals surface area contributed by atoms with Crippen molar-refractivity contribution in [2.75, 3.05) is 5.73 Å². The Morgan fingerprint density at radius 1 is 1.18 bits per heavy atom. The highest BCUT2D eigenvalue weighted by Gasteiger charge is 2.30. The lowest BCUT2D eigenvalue weighted by atomic mass is 9.95. The van der Waals surface area contributed by atoms with E-state index < -0.39 is 16.1 Å². The number of allylic oxidation sites excluding steroid dienone is 2. The molecule has 90 valence electrons. The van der Waals surface area contributed by atoms with Crippen LogP contribution in [0.25, 0.3) is 5.57 Å². The third kappa shape index (κ3) is 2.56. The number of anilines is 1. The van der Waals surface area contributed by atoms with E-state index in [1.165, 1.54) is 6.08 Å². The van der Waals surface area contributed by atoms with Crippen molar-refractivity contribution < 1.29 is 8.78 Å². The molecule has 2 rings (SSSR count). The van der Waals surface area contributed by atoms with Gasteiger partial charge in [0, 0.05) is 17.7 Å². The highest BCUT2D eigenvalue weighted by molar-refractivity contribution is 9.10. The Hall–Kier alpha value is -1.20. The minimum atomic E-state index is -1.15. The average Bonchev–Trinajstić information content (AvgIpc) is 2.18. The Kier molecular flexibility index (Phi) is 3.05. The molecule has 1 unspecified atom stereocenters. The molecule has 5 heteroatoms. The van der Waals surface area contributed by atoms with Crippen LogP contribution in [0.2, 0.25) is 0 Å². The molecule has 0 amide bonds. The third-order valence-corrected chi connectivity index (χ3v) is 3.01. The zero-order valence-corrected chi connectivity index (χ0v) is 10.5. The smallest absolute Gasteiger partial charge is 0.132 e. The molecule has 0 fully saturated rings. The van der Waals surface area contributed by atoms with Crippen molar-refractivity contribution in [3.63, 3.8) is 0 Å². The van der Waals surface area contributed by atoms with Crippen LogP contribution in [-0.4, -0.2) is 4.45 Å². The number of rotatable bonds is 1. The lowest BCUT2D eigenvalue weighted by Gasteiger charge is -2.24. The van der Waals surface area contributed by atoms with Gasteiger partial charge in [-0.3, -0.25) is 0 Å². The quantitative estimate of drug-likeness (QED) is 0.475. The van der Waals surface area contributed by atoms with Crippen LogP contribution in [0.5, 0.6) is 0 Å². The molecule has 0 radical (unpaired) electrons. The van der Waals surface area contributed by atoms with Crippen LogP contribution >= 0.6 is 15.9 Å². The number of benzene rings is 1. The predicted molar refractivity (Wildman–Crippen MR) is 68.5 cm³/mol. The van der Waals surface area contributed by atoms with E-state index in [1.807, 2.05) is 0 Å². The van der Waals surface area contributed by atoms with E-state index in [9.17, 15) is 8.78 Å². The molecule has 1 aromatic rings. The average molecular weight is 301 g/mol. The molecule has 0 saturated carbocycles. The first kappa shape index (κ1) is 12.3. The molecule has 2 nitrogen and oxygen atoms in total. The van der Waals surface area contributed by atoms with Gasteiger partial charge in [-0.25, -0.2) is 8.78 Å². The minimum Gasteiger partial charge on any atom is -0.399 e. The standard InChI is InChI=1S/C12H11BrF2N2/c13-12(17)5-9(14)11(10(15)6-12)7-1-3-8(16)4-2-7/h1-5H,6,16-17H2. The molecule has 0 aromatic heterocycles. The van der Waals surface area contributed by atoms with Crippen molar-refractivity contribution in [3.05, 3.63) is 47.6 Å². The van der Waals surface area contributed by atoms with Gasteiger partial charge in [-0.05, 0) is 23.8 Å². The first-order valence-corrected chi connectivity index (χ1v) is 5.79. The van der Waals surface area contributed by atoms with E-state index in [1.54, 1.807) is 24.3 Å². The first-order chi connectivity index (χ1) is 7.89. The molecule has 0 bridgehead atoms. The van der Waals surface area contributed by atoms with Crippen LogP contribution in [-0.2, 0) is 0 Å². The van der Waals surface area contributed by atoms with E-state index in [-0.39, 0.29) is 12.0 Å². The Bertz CT molecular complexity index is 504. The largest absolute Gasteiger partial charge is 0.399 e. The molecule has 0 heterocycles. The molecule has 1 aliphatic carbocycles. The minimum absolute atomic E-state index is 0.0504. The predicted octanol–water partition coefficient (Wildman–Crippen LogP) is 3.26. The Morgan fingerprint density at radius 2 is 1.76 bits per heavy atom. The second kappa shape index (κ2) is 4.23. The maximum absolute atomic E-state index is 13.8. The number of hydrogen-bond donors (Lipinski definition) is 2. The molecule has 0 saturated heterocycles. The summed E-state index contributed by atoms with van der Waals surface area (Å²) in [4.78, 5) is 0. The molecule has 0 spiro atoms. The maximum atomic E-state index is 13.8. The summed E-state index contributed by atoms with van der Waals surface area (Å²) in [5.74, 6) is -1.24. The highest BCUT2D eigenvalue weighted by atomic mass is 79.9. The lowest BCUT2D eigenvalue weighted by Crippen LogP contribution is -2.32. The fourth-order valence-electron chi connectivity index (χ4n) is 1.73. The van der Waals surface area contributed by atoms with Gasteiger partial charge in [-0.15, -0.1) is 0 Å². The topological polar surface area (TPSA) is 52.0 Å². The van der Waals surface area contributed by atoms with E-state index in [0.717, 1.165) is 0 Å². The fourth-order valence-corrected chi connectivity index (χ4v) is 2.18. The molecule has 17 heavy (non-hydrogen) atoms. The molecule has 1 atom stereocenters. The van der Waals surface area contributed by atoms with Crippen LogP contribution < -0.4 is 11.5 Å². The Morgan fingerprint density at radius 3 is 2.29 bits per heavy atom. The van der Waals surface area contributed by atoms with Crippen LogP contribution in [0, 0.1) is 0 Å². The fraction of sp³-hybridized carbons (Fsp3) is 0.167. The second-order valence-corrected chi connectivity index (χ2v) is 5.47. The van der Waals surface area contributed by atoms with Crippen molar-refractivity contribution in [2.45, 2.75) is 10.9 Å². The van der Waals surface area contributed by atoms with Gasteiger partial charge >= 0.3 is 0 Å². The zero-order chi connectivity index (χ0) is 12.6. The molecular weight excluding hydrogens is 290 g/mol. The summed E-state index contributed by atoms with van der Waals surface area (Å²) in [6.07, 6.45) is 1.09. The number of nitrogen functional groups attached to an aromatic ring is 1. The maximum Gasteiger partial charge on any atom is 0.132 e. The lowest BCUT2D eigenvalue weighted by molar-refractivity contribution is 0.530. The summed E-state index contributed by atoms with van der Waals surface area (Å²) in [6.45, 7) is 0. The van der Waals surface area contributed by atoms with Crippen molar-refractivity contribution in [2.24, 2.45) is 5.73 Å². The highest BCUT2D eigenvalue weighted by Crippen LogP contribution is 2.40. The van der Waals surface area contributed by atoms with Gasteiger partial charge in [0.15, 0.2) is 0 Å². The number of alkyl halides is 1. The van der Waals surface area contributed by atoms with Gasteiger partial charge in [0.2, 0.25) is 0 Å². The van der Waals surface area contributed by atoms with Crippen LogP contribution in [0.15, 0.2) is 42.0 Å². The summed E-state index contributed by atoms with van der Waals surface area (Å²) in [7, 11) is 0. The SMILES string of the molecule is Nc1ccc(C2=C(F)CC(N)(Br)C=C2F)cc1. The van der Waals surface area contributed by atoms with Gasteiger partial charge in [-0.1, -0.05) is 28.1 Å². The summed E-state index contributed by atoms with van der Waals surface area (Å²) in [6, 6.07) is 6.35. The van der Waals surface area contributed by atoms with Gasteiger partial charge < -0.3 is 11.5 Å². The molecule has 1 aliphatic rings. The van der Waals surface area contributed by atoms with Crippen molar-refractivity contribution in [1.29, 1.82) is 0 Å². The van der Waals surface area contributed by atoms with Crippen LogP contribution in [0.4, 0.5) is 14.5 Å². The zero-order valence-electron chi connectivity index (χ0n) is 8.88. The van der Waals surface area contributed by atoms with Crippen LogP contribution in [0.1, 0.15) is 12.0 Å². The van der Waals surface area contributed by atoms with Gasteiger partial charge in [0.1, 0.15) is 11.7 Å². The van der Waals surface area contributed by atoms with Crippen molar-refractivity contribution in [1.82, 2.24) is 0 Å². The van der Waals surface area contributed by atoms with E-state index in [4.69, 9.17) is 11.5 Å².